The van der Waals surface area contributed by atoms with E-state index in [1.54, 1.807) is 24.3 Å². The van der Waals surface area contributed by atoms with Gasteiger partial charge in [-0.1, -0.05) is 48.5 Å². The molecule has 0 saturated heterocycles. The number of carbonyl (C=O) groups is 2. The number of anilines is 1. The number of thiophene rings is 2. The zero-order valence-corrected chi connectivity index (χ0v) is 24.6. The number of carbonyl (C=O) groups excluding carboxylic acids is 2. The minimum atomic E-state index is -0.274. The predicted octanol–water partition coefficient (Wildman–Crippen LogP) is 7.66. The van der Waals surface area contributed by atoms with Gasteiger partial charge in [0.15, 0.2) is 0 Å². The van der Waals surface area contributed by atoms with Crippen LogP contribution in [0.15, 0.2) is 109 Å². The first-order chi connectivity index (χ1) is 20.4. The zero-order valence-electron chi connectivity index (χ0n) is 23.0. The summed E-state index contributed by atoms with van der Waals surface area (Å²) in [7, 11) is 3.44. The molecule has 0 aliphatic carbocycles. The number of benzene rings is 4. The molecule has 0 atom stereocenters. The van der Waals surface area contributed by atoms with E-state index in [1.807, 2.05) is 92.0 Å². The van der Waals surface area contributed by atoms with Crippen LogP contribution in [0, 0.1) is 5.82 Å². The number of hydrogen-bond acceptors (Lipinski definition) is 6. The Morgan fingerprint density at radius 3 is 1.86 bits per heavy atom. The fraction of sp³-hybridized carbons (Fsp3) is 0.0909. The van der Waals surface area contributed by atoms with Gasteiger partial charge in [-0.3, -0.25) is 20.0 Å². The van der Waals surface area contributed by atoms with Gasteiger partial charge < -0.3 is 10.1 Å². The molecule has 0 aliphatic heterocycles. The maximum atomic E-state index is 12.8. The monoisotopic (exact) mass is 597 g/mol. The maximum absolute atomic E-state index is 12.8. The van der Waals surface area contributed by atoms with E-state index < -0.39 is 0 Å². The number of nitrogens with zero attached hydrogens (tertiary/aromatic N) is 1. The van der Waals surface area contributed by atoms with Crippen molar-refractivity contribution < 1.29 is 18.7 Å². The first-order valence-electron chi connectivity index (χ1n) is 13.1. The van der Waals surface area contributed by atoms with Gasteiger partial charge in [0.2, 0.25) is 0 Å². The third-order valence-corrected chi connectivity index (χ3v) is 8.62. The summed E-state index contributed by atoms with van der Waals surface area (Å²) in [6.07, 6.45) is 0. The number of methoxy groups -OCH3 is 1. The Balaban J connectivity index is 0.000000169. The highest BCUT2D eigenvalue weighted by atomic mass is 32.1. The van der Waals surface area contributed by atoms with Crippen molar-refractivity contribution in [1.29, 1.82) is 0 Å². The van der Waals surface area contributed by atoms with E-state index in [2.05, 4.69) is 10.7 Å². The molecule has 2 N–H and O–H groups in total. The fourth-order valence-electron chi connectivity index (χ4n) is 4.14. The van der Waals surface area contributed by atoms with Crippen molar-refractivity contribution in [2.45, 2.75) is 6.54 Å². The molecular formula is C33H28FN3O3S2. The smallest absolute Gasteiger partial charge is 0.279 e. The number of rotatable bonds is 7. The van der Waals surface area contributed by atoms with Gasteiger partial charge in [-0.25, -0.2) is 4.39 Å². The second-order valence-electron chi connectivity index (χ2n) is 9.30. The fourth-order valence-corrected chi connectivity index (χ4v) is 6.07. The van der Waals surface area contributed by atoms with Crippen LogP contribution in [0.3, 0.4) is 0 Å². The Labute approximate surface area is 251 Å². The first kappa shape index (κ1) is 28.8. The van der Waals surface area contributed by atoms with Crippen LogP contribution >= 0.6 is 22.7 Å². The summed E-state index contributed by atoms with van der Waals surface area (Å²) in [4.78, 5) is 25.8. The molecule has 212 valence electrons. The van der Waals surface area contributed by atoms with Crippen molar-refractivity contribution in [2.24, 2.45) is 0 Å². The topological polar surface area (TPSA) is 70.7 Å². The molecule has 6 nitrogen and oxygen atoms in total. The minimum Gasteiger partial charge on any atom is -0.497 e. The van der Waals surface area contributed by atoms with Crippen LogP contribution in [0.4, 0.5) is 10.1 Å². The van der Waals surface area contributed by atoms with E-state index in [1.165, 1.54) is 34.8 Å². The molecule has 0 aliphatic rings. The Hall–Kier alpha value is -4.73. The second-order valence-corrected chi connectivity index (χ2v) is 11.5. The summed E-state index contributed by atoms with van der Waals surface area (Å²) in [6.45, 7) is 0.396. The molecule has 0 radical (unpaired) electrons. The number of halogens is 1. The van der Waals surface area contributed by atoms with Crippen molar-refractivity contribution in [2.75, 3.05) is 19.2 Å². The molecule has 2 amide bonds. The van der Waals surface area contributed by atoms with Crippen LogP contribution in [0.5, 0.6) is 5.75 Å². The normalized spacial score (nSPS) is 10.5. The summed E-state index contributed by atoms with van der Waals surface area (Å²) in [6, 6.07) is 33.3. The van der Waals surface area contributed by atoms with Crippen molar-refractivity contribution in [3.63, 3.8) is 0 Å². The van der Waals surface area contributed by atoms with Crippen LogP contribution in [0.1, 0.15) is 24.9 Å². The lowest BCUT2D eigenvalue weighted by Crippen LogP contribution is -2.38. The van der Waals surface area contributed by atoms with Gasteiger partial charge in [0.05, 0.1) is 22.6 Å². The van der Waals surface area contributed by atoms with Gasteiger partial charge in [0.1, 0.15) is 11.6 Å². The standard InChI is InChI=1S/C17H16N2O2S.C16H12FNOS/c1-19(13-7-9-14(21-2)10-8-13)18-17(20)16-11-12-5-3-4-6-15(12)22-16;17-13-7-5-11(6-8-13)10-18-16(19)15-9-12-3-1-2-4-14(12)20-15/h3-11H,1-2H3,(H,18,20);1-9H,10H2,(H,18,19). The van der Waals surface area contributed by atoms with Crippen LogP contribution in [0.25, 0.3) is 20.2 Å². The Bertz CT molecular complexity index is 1750. The maximum Gasteiger partial charge on any atom is 0.279 e. The van der Waals surface area contributed by atoms with E-state index in [4.69, 9.17) is 4.74 Å². The third-order valence-electron chi connectivity index (χ3n) is 6.39. The van der Waals surface area contributed by atoms with E-state index in [0.29, 0.717) is 16.3 Å². The summed E-state index contributed by atoms with van der Waals surface area (Å²) in [5.41, 5.74) is 4.64. The molecule has 0 saturated carbocycles. The lowest BCUT2D eigenvalue weighted by molar-refractivity contribution is 0.0947. The average molecular weight is 598 g/mol. The molecule has 6 rings (SSSR count). The molecule has 0 spiro atoms. The third kappa shape index (κ3) is 7.12. The molecule has 0 fully saturated rings. The molecule has 9 heteroatoms. The van der Waals surface area contributed by atoms with Gasteiger partial charge in [0.25, 0.3) is 11.8 Å². The Morgan fingerprint density at radius 2 is 1.31 bits per heavy atom. The molecule has 6 aromatic rings. The summed E-state index contributed by atoms with van der Waals surface area (Å²) >= 11 is 2.96. The van der Waals surface area contributed by atoms with Gasteiger partial charge in [0, 0.05) is 23.0 Å². The van der Waals surface area contributed by atoms with E-state index in [9.17, 15) is 14.0 Å². The van der Waals surface area contributed by atoms with Crippen LogP contribution in [0.2, 0.25) is 0 Å². The SMILES string of the molecule is COc1ccc(N(C)NC(=O)c2cc3ccccc3s2)cc1.O=C(NCc1ccc(F)cc1)c1cc2ccccc2s1. The summed E-state index contributed by atoms with van der Waals surface area (Å²) < 4.78 is 20.1. The number of hydrogen-bond donors (Lipinski definition) is 2. The highest BCUT2D eigenvalue weighted by Crippen LogP contribution is 2.26. The van der Waals surface area contributed by atoms with Crippen molar-refractivity contribution in [3.05, 3.63) is 130 Å². The van der Waals surface area contributed by atoms with E-state index in [0.717, 1.165) is 37.2 Å². The van der Waals surface area contributed by atoms with Gasteiger partial charge in [-0.05, 0) is 77.0 Å². The first-order valence-corrected chi connectivity index (χ1v) is 14.7. The number of fused-ring (bicyclic) bond motifs is 2. The highest BCUT2D eigenvalue weighted by molar-refractivity contribution is 7.21. The number of amides is 2. The summed E-state index contributed by atoms with van der Waals surface area (Å²) in [5, 5.41) is 6.71. The molecule has 0 unspecified atom stereocenters. The minimum absolute atomic E-state index is 0.101. The van der Waals surface area contributed by atoms with Crippen LogP contribution in [-0.4, -0.2) is 26.0 Å². The van der Waals surface area contributed by atoms with Crippen molar-refractivity contribution >= 4 is 60.3 Å². The molecule has 4 aromatic carbocycles. The lowest BCUT2D eigenvalue weighted by atomic mass is 10.2. The molecule has 0 bridgehead atoms. The van der Waals surface area contributed by atoms with Gasteiger partial charge >= 0.3 is 0 Å². The zero-order chi connectivity index (χ0) is 29.5. The molecular weight excluding hydrogens is 570 g/mol. The number of nitrogens with one attached hydrogen (secondary N) is 2. The number of hydrazine groups is 1. The quantitative estimate of drug-likeness (QED) is 0.185. The largest absolute Gasteiger partial charge is 0.497 e. The van der Waals surface area contributed by atoms with Gasteiger partial charge in [-0.2, -0.15) is 0 Å². The highest BCUT2D eigenvalue weighted by Gasteiger charge is 2.13. The van der Waals surface area contributed by atoms with Crippen molar-refractivity contribution in [1.82, 2.24) is 10.7 Å². The lowest BCUT2D eigenvalue weighted by Gasteiger charge is -2.20. The second kappa shape index (κ2) is 13.3. The molecule has 2 heterocycles. The number of ether oxygens (including phenoxy) is 1. The van der Waals surface area contributed by atoms with Crippen molar-refractivity contribution in [3.8, 4) is 5.75 Å². The van der Waals surface area contributed by atoms with Crippen LogP contribution in [-0.2, 0) is 6.54 Å². The molecule has 2 aromatic heterocycles. The molecule has 42 heavy (non-hydrogen) atoms. The summed E-state index contributed by atoms with van der Waals surface area (Å²) in [5.74, 6) is 0.299. The predicted molar refractivity (Wildman–Crippen MR) is 170 cm³/mol. The van der Waals surface area contributed by atoms with Gasteiger partial charge in [-0.15, -0.1) is 22.7 Å². The van der Waals surface area contributed by atoms with E-state index in [-0.39, 0.29) is 17.6 Å². The van der Waals surface area contributed by atoms with E-state index >= 15 is 0 Å². The van der Waals surface area contributed by atoms with Crippen LogP contribution < -0.4 is 20.5 Å². The average Bonchev–Trinajstić information content (AvgIpc) is 3.66. The Morgan fingerprint density at radius 1 is 0.762 bits per heavy atom. The Kier molecular flexibility index (Phi) is 9.11.